The number of halogens is 1. The van der Waals surface area contributed by atoms with Crippen molar-refractivity contribution < 1.29 is 24.4 Å². The molecule has 1 saturated carbocycles. The van der Waals surface area contributed by atoms with Crippen molar-refractivity contribution >= 4 is 28.7 Å². The molecule has 3 rings (SSSR count). The van der Waals surface area contributed by atoms with Crippen molar-refractivity contribution in [2.75, 3.05) is 12.8 Å². The average molecular weight is 397 g/mol. The lowest BCUT2D eigenvalue weighted by molar-refractivity contribution is -0.991. The number of fused-ring (bicyclic) bond motifs is 1. The fourth-order valence-corrected chi connectivity index (χ4v) is 4.33. The highest BCUT2D eigenvalue weighted by atomic mass is 32.2. The van der Waals surface area contributed by atoms with Gasteiger partial charge in [-0.25, -0.2) is 14.4 Å². The second-order valence-corrected chi connectivity index (χ2v) is 8.96. The number of ether oxygens (including phenoxy) is 1. The van der Waals surface area contributed by atoms with Gasteiger partial charge in [0.15, 0.2) is 10.9 Å². The number of hydrogen-bond acceptors (Lipinski definition) is 6. The maximum absolute atomic E-state index is 14.6. The number of hydrogen-bond donors (Lipinski definition) is 2. The van der Waals surface area contributed by atoms with E-state index in [9.17, 15) is 19.6 Å². The molecule has 27 heavy (non-hydrogen) atoms. The summed E-state index contributed by atoms with van der Waals surface area (Å²) in [6.45, 7) is 5.35. The van der Waals surface area contributed by atoms with Crippen molar-refractivity contribution in [2.45, 2.75) is 44.8 Å². The molecule has 7 nitrogen and oxygen atoms in total. The van der Waals surface area contributed by atoms with Crippen LogP contribution in [0.4, 0.5) is 14.9 Å². The fourth-order valence-electron chi connectivity index (χ4n) is 3.25. The normalized spacial score (nSPS) is 25.7. The van der Waals surface area contributed by atoms with E-state index in [2.05, 4.69) is 0 Å². The number of thioether (sulfide) groups is 1. The van der Waals surface area contributed by atoms with Crippen LogP contribution in [0, 0.1) is 16.9 Å². The summed E-state index contributed by atoms with van der Waals surface area (Å²) >= 11 is 1.43. The summed E-state index contributed by atoms with van der Waals surface area (Å²) in [5.74, 6) is 0.407. The molecule has 9 heteroatoms. The Kier molecular flexibility index (Phi) is 5.24. The monoisotopic (exact) mass is 397 g/mol. The zero-order chi connectivity index (χ0) is 20.0. The van der Waals surface area contributed by atoms with E-state index in [4.69, 9.17) is 9.73 Å². The van der Waals surface area contributed by atoms with Crippen molar-refractivity contribution in [3.05, 3.63) is 34.8 Å². The highest BCUT2D eigenvalue weighted by Gasteiger charge is 2.58. The largest absolute Gasteiger partial charge is 0.595 e. The Morgan fingerprint density at radius 3 is 2.85 bits per heavy atom. The minimum Gasteiger partial charge on any atom is -0.595 e. The van der Waals surface area contributed by atoms with Gasteiger partial charge in [0.2, 0.25) is 0 Å². The van der Waals surface area contributed by atoms with Crippen LogP contribution in [0.1, 0.15) is 39.2 Å². The first kappa shape index (κ1) is 20.1. The SMILES string of the molecule is CN(C(=O)OC(C)(C)C)C1=N[C@@]2(c3cc([NH+]([O-])O)ccc3F)C[C@H]2CCS1. The number of carbonyl (C=O) groups is 1. The molecule has 2 N–H and O–H groups in total. The third kappa shape index (κ3) is 4.11. The van der Waals surface area contributed by atoms with Crippen LogP contribution in [0.5, 0.6) is 0 Å². The standard InChI is InChI=1S/C18H24FN3O4S/c1-17(2,3)26-16(23)21(4)15-20-18(10-11(18)7-8-27-15)13-9-12(22(24)25)5-6-14(13)19/h5-6,9,11,22,24H,7-8,10H2,1-4H3/t11-,18+/m1/s1. The Morgan fingerprint density at radius 1 is 1.52 bits per heavy atom. The number of nitrogens with zero attached hydrogens (tertiary/aromatic N) is 2. The molecule has 1 aliphatic carbocycles. The molecular weight excluding hydrogens is 373 g/mol. The molecule has 148 valence electrons. The van der Waals surface area contributed by atoms with Gasteiger partial charge in [-0.1, -0.05) is 11.8 Å². The number of amidine groups is 1. The molecule has 2 aliphatic rings. The first-order valence-electron chi connectivity index (χ1n) is 8.76. The van der Waals surface area contributed by atoms with Crippen LogP contribution < -0.4 is 5.23 Å². The summed E-state index contributed by atoms with van der Waals surface area (Å²) in [7, 11) is 1.58. The minimum atomic E-state index is -1.11. The molecular formula is C18H24FN3O4S. The quantitative estimate of drug-likeness (QED) is 0.749. The van der Waals surface area contributed by atoms with Crippen molar-refractivity contribution in [3.8, 4) is 0 Å². The summed E-state index contributed by atoms with van der Waals surface area (Å²) in [5, 5.41) is 19.9. The van der Waals surface area contributed by atoms with Gasteiger partial charge >= 0.3 is 6.09 Å². The van der Waals surface area contributed by atoms with Crippen LogP contribution in [0.25, 0.3) is 0 Å². The fraction of sp³-hybridized carbons (Fsp3) is 0.556. The summed E-state index contributed by atoms with van der Waals surface area (Å²) < 4.78 is 20.0. The Bertz CT molecular complexity index is 780. The number of rotatable bonds is 2. The van der Waals surface area contributed by atoms with Crippen LogP contribution in [0.15, 0.2) is 23.2 Å². The van der Waals surface area contributed by atoms with Gasteiger partial charge in [-0.05, 0) is 45.6 Å². The van der Waals surface area contributed by atoms with Gasteiger partial charge < -0.3 is 9.94 Å². The maximum Gasteiger partial charge on any atom is 0.416 e. The van der Waals surface area contributed by atoms with Gasteiger partial charge in [-0.3, -0.25) is 9.89 Å². The zero-order valence-corrected chi connectivity index (χ0v) is 16.6. The average Bonchev–Trinajstić information content (AvgIpc) is 3.26. The van der Waals surface area contributed by atoms with Crippen LogP contribution in [0.3, 0.4) is 0 Å². The van der Waals surface area contributed by atoms with Gasteiger partial charge in [0.25, 0.3) is 0 Å². The molecule has 1 heterocycles. The summed E-state index contributed by atoms with van der Waals surface area (Å²) in [4.78, 5) is 18.5. The van der Waals surface area contributed by atoms with Crippen molar-refractivity contribution in [1.82, 2.24) is 4.90 Å². The van der Waals surface area contributed by atoms with E-state index in [1.807, 2.05) is 0 Å². The molecule has 0 radical (unpaired) electrons. The second kappa shape index (κ2) is 7.05. The van der Waals surface area contributed by atoms with E-state index in [-0.39, 0.29) is 17.2 Å². The van der Waals surface area contributed by atoms with Crippen LogP contribution in [0.2, 0.25) is 0 Å². The van der Waals surface area contributed by atoms with E-state index in [1.165, 1.54) is 34.9 Å². The molecule has 1 aromatic rings. The van der Waals surface area contributed by atoms with Gasteiger partial charge in [0.1, 0.15) is 11.4 Å². The number of amides is 1. The minimum absolute atomic E-state index is 0.0283. The van der Waals surface area contributed by atoms with Crippen molar-refractivity contribution in [2.24, 2.45) is 10.9 Å². The van der Waals surface area contributed by atoms with E-state index in [1.54, 1.807) is 27.8 Å². The van der Waals surface area contributed by atoms with E-state index in [0.717, 1.165) is 12.2 Å². The molecule has 0 spiro atoms. The highest BCUT2D eigenvalue weighted by Crippen LogP contribution is 2.60. The molecule has 1 amide bonds. The smallest absolute Gasteiger partial charge is 0.416 e. The first-order valence-corrected chi connectivity index (χ1v) is 9.75. The summed E-state index contributed by atoms with van der Waals surface area (Å²) in [6.07, 6.45) is 0.929. The van der Waals surface area contributed by atoms with E-state index in [0.29, 0.717) is 11.6 Å². The third-order valence-electron chi connectivity index (χ3n) is 4.70. The van der Waals surface area contributed by atoms with E-state index < -0.39 is 28.3 Å². The molecule has 0 saturated heterocycles. The Balaban J connectivity index is 1.95. The van der Waals surface area contributed by atoms with E-state index >= 15 is 0 Å². The van der Waals surface area contributed by atoms with Crippen LogP contribution in [-0.2, 0) is 10.3 Å². The molecule has 0 aromatic heterocycles. The zero-order valence-electron chi connectivity index (χ0n) is 15.8. The lowest BCUT2D eigenvalue weighted by Gasteiger charge is -2.25. The van der Waals surface area contributed by atoms with Crippen molar-refractivity contribution in [1.29, 1.82) is 0 Å². The molecule has 1 aliphatic heterocycles. The third-order valence-corrected chi connectivity index (χ3v) is 5.76. The van der Waals surface area contributed by atoms with Gasteiger partial charge in [-0.15, -0.1) is 0 Å². The van der Waals surface area contributed by atoms with Gasteiger partial charge in [-0.2, -0.15) is 5.23 Å². The topological polar surface area (TPSA) is 89.6 Å². The van der Waals surface area contributed by atoms with Crippen LogP contribution >= 0.6 is 11.8 Å². The first-order chi connectivity index (χ1) is 12.5. The Labute approximate surface area is 161 Å². The van der Waals surface area contributed by atoms with Crippen molar-refractivity contribution in [3.63, 3.8) is 0 Å². The predicted octanol–water partition coefficient (Wildman–Crippen LogP) is 2.80. The summed E-state index contributed by atoms with van der Waals surface area (Å²) in [6, 6.07) is 3.79. The number of benzene rings is 1. The predicted molar refractivity (Wildman–Crippen MR) is 100 cm³/mol. The molecule has 0 bridgehead atoms. The van der Waals surface area contributed by atoms with Gasteiger partial charge in [0.05, 0.1) is 5.54 Å². The Morgan fingerprint density at radius 2 is 2.22 bits per heavy atom. The molecule has 1 unspecified atom stereocenters. The lowest BCUT2D eigenvalue weighted by Crippen LogP contribution is -2.99. The highest BCUT2D eigenvalue weighted by molar-refractivity contribution is 8.13. The van der Waals surface area contributed by atoms with Crippen LogP contribution in [-0.4, -0.2) is 39.8 Å². The number of carbonyl (C=O) groups excluding carboxylic acids is 1. The lowest BCUT2D eigenvalue weighted by atomic mass is 10.0. The second-order valence-electron chi connectivity index (χ2n) is 7.90. The number of nitrogens with one attached hydrogen (secondary N) is 1. The summed E-state index contributed by atoms with van der Waals surface area (Å²) in [5.41, 5.74) is -1.14. The maximum atomic E-state index is 14.6. The Hall–Kier alpha value is -1.68. The van der Waals surface area contributed by atoms with Gasteiger partial charge in [0, 0.05) is 30.5 Å². The number of aliphatic imine (C=N–C) groups is 1. The molecule has 1 fully saturated rings. The molecule has 1 aromatic carbocycles. The number of quaternary nitrogens is 1. The molecule has 3 atom stereocenters.